The largest absolute Gasteiger partial charge is 0.495 e. The highest BCUT2D eigenvalue weighted by Crippen LogP contribution is 2.36. The van der Waals surface area contributed by atoms with Gasteiger partial charge in [-0.15, -0.1) is 0 Å². The van der Waals surface area contributed by atoms with Crippen LogP contribution in [0.2, 0.25) is 5.02 Å². The lowest BCUT2D eigenvalue weighted by Gasteiger charge is -2.19. The summed E-state index contributed by atoms with van der Waals surface area (Å²) < 4.78 is 10.4. The molecule has 9 nitrogen and oxygen atoms in total. The van der Waals surface area contributed by atoms with Crippen LogP contribution >= 0.6 is 11.6 Å². The van der Waals surface area contributed by atoms with Crippen LogP contribution in [0.4, 0.5) is 17.1 Å². The quantitative estimate of drug-likeness (QED) is 0.568. The zero-order chi connectivity index (χ0) is 21.1. The van der Waals surface area contributed by atoms with Crippen LogP contribution in [0.25, 0.3) is 0 Å². The Hall–Kier alpha value is -3.33. The minimum absolute atomic E-state index is 0.00510. The lowest BCUT2D eigenvalue weighted by atomic mass is 10.1. The molecule has 1 atom stereocenters. The number of carbonyl (C=O) groups is 2. The first-order valence-electron chi connectivity index (χ1n) is 8.61. The molecule has 0 aromatic heterocycles. The molecule has 29 heavy (non-hydrogen) atoms. The maximum absolute atomic E-state index is 12.7. The van der Waals surface area contributed by atoms with E-state index >= 15 is 0 Å². The van der Waals surface area contributed by atoms with E-state index in [1.807, 2.05) is 0 Å². The van der Waals surface area contributed by atoms with Crippen molar-refractivity contribution in [1.29, 1.82) is 0 Å². The minimum atomic E-state index is -0.619. The van der Waals surface area contributed by atoms with Gasteiger partial charge >= 0.3 is 0 Å². The Kier molecular flexibility index (Phi) is 5.88. The van der Waals surface area contributed by atoms with E-state index in [0.717, 1.165) is 0 Å². The van der Waals surface area contributed by atoms with Gasteiger partial charge in [-0.1, -0.05) is 11.6 Å². The standard InChI is InChI=1S/C19H18ClN3O6/c1-28-16-6-3-12(20)8-14(16)21-19(25)11-7-18(24)22(10-11)15-5-4-13(23(26)27)9-17(15)29-2/h3-6,8-9,11H,7,10H2,1-2H3,(H,21,25)/t11-/m0/s1. The van der Waals surface area contributed by atoms with Crippen LogP contribution in [0.5, 0.6) is 11.5 Å². The number of nitrogens with zero attached hydrogens (tertiary/aromatic N) is 2. The van der Waals surface area contributed by atoms with Crippen molar-refractivity contribution < 1.29 is 24.0 Å². The molecule has 0 aliphatic carbocycles. The SMILES string of the molecule is COc1ccc(Cl)cc1NC(=O)[C@H]1CC(=O)N(c2ccc([N+](=O)[O-])cc2OC)C1. The molecule has 1 aliphatic rings. The number of amides is 2. The smallest absolute Gasteiger partial charge is 0.273 e. The number of rotatable bonds is 6. The molecule has 2 aromatic rings. The second kappa shape index (κ2) is 8.36. The van der Waals surface area contributed by atoms with Crippen molar-refractivity contribution in [3.8, 4) is 11.5 Å². The van der Waals surface area contributed by atoms with Gasteiger partial charge in [-0.3, -0.25) is 19.7 Å². The molecule has 2 amide bonds. The molecule has 152 valence electrons. The van der Waals surface area contributed by atoms with Crippen LogP contribution in [0.15, 0.2) is 36.4 Å². The second-order valence-corrected chi connectivity index (χ2v) is 6.79. The van der Waals surface area contributed by atoms with Crippen LogP contribution in [0, 0.1) is 16.0 Å². The highest BCUT2D eigenvalue weighted by Gasteiger charge is 2.37. The number of hydrogen-bond acceptors (Lipinski definition) is 6. The number of halogens is 1. The molecule has 3 rings (SSSR count). The summed E-state index contributed by atoms with van der Waals surface area (Å²) in [5.41, 5.74) is 0.627. The summed E-state index contributed by atoms with van der Waals surface area (Å²) in [6.45, 7) is 0.113. The third-order valence-corrected chi connectivity index (χ3v) is 4.82. The van der Waals surface area contributed by atoms with E-state index in [1.54, 1.807) is 18.2 Å². The van der Waals surface area contributed by atoms with Crippen molar-refractivity contribution in [2.45, 2.75) is 6.42 Å². The number of benzene rings is 2. The molecule has 0 radical (unpaired) electrons. The molecular formula is C19H18ClN3O6. The van der Waals surface area contributed by atoms with Crippen molar-refractivity contribution in [2.75, 3.05) is 31.0 Å². The normalized spacial score (nSPS) is 15.9. The molecule has 0 bridgehead atoms. The zero-order valence-corrected chi connectivity index (χ0v) is 16.4. The summed E-state index contributed by atoms with van der Waals surface area (Å²) in [6.07, 6.45) is -0.00510. The van der Waals surface area contributed by atoms with Gasteiger partial charge < -0.3 is 19.7 Å². The topological polar surface area (TPSA) is 111 Å². The summed E-state index contributed by atoms with van der Waals surface area (Å²) in [6, 6.07) is 8.80. The van der Waals surface area contributed by atoms with E-state index in [9.17, 15) is 19.7 Å². The number of nitrogens with one attached hydrogen (secondary N) is 1. The van der Waals surface area contributed by atoms with Gasteiger partial charge in [0.05, 0.1) is 42.5 Å². The van der Waals surface area contributed by atoms with Crippen molar-refractivity contribution in [3.05, 3.63) is 51.5 Å². The van der Waals surface area contributed by atoms with Crippen LogP contribution < -0.4 is 19.7 Å². The summed E-state index contributed by atoms with van der Waals surface area (Å²) in [5, 5.41) is 14.1. The van der Waals surface area contributed by atoms with Crippen LogP contribution in [-0.2, 0) is 9.59 Å². The number of methoxy groups -OCH3 is 2. The minimum Gasteiger partial charge on any atom is -0.495 e. The third-order valence-electron chi connectivity index (χ3n) is 4.58. The molecule has 1 N–H and O–H groups in total. The van der Waals surface area contributed by atoms with E-state index in [1.165, 1.54) is 37.3 Å². The maximum Gasteiger partial charge on any atom is 0.273 e. The lowest BCUT2D eigenvalue weighted by molar-refractivity contribution is -0.384. The number of ether oxygens (including phenoxy) is 2. The van der Waals surface area contributed by atoms with Crippen molar-refractivity contribution >= 4 is 40.5 Å². The van der Waals surface area contributed by atoms with Crippen molar-refractivity contribution in [2.24, 2.45) is 5.92 Å². The highest BCUT2D eigenvalue weighted by molar-refractivity contribution is 6.31. The fraction of sp³-hybridized carbons (Fsp3) is 0.263. The molecular weight excluding hydrogens is 402 g/mol. The van der Waals surface area contributed by atoms with E-state index < -0.39 is 10.8 Å². The van der Waals surface area contributed by atoms with Gasteiger partial charge in [-0.05, 0) is 24.3 Å². The molecule has 0 unspecified atom stereocenters. The average Bonchev–Trinajstić information content (AvgIpc) is 3.09. The van der Waals surface area contributed by atoms with Gasteiger partial charge in [0.15, 0.2) is 0 Å². The summed E-state index contributed by atoms with van der Waals surface area (Å²) >= 11 is 5.98. The predicted molar refractivity (Wildman–Crippen MR) is 107 cm³/mol. The Balaban J connectivity index is 1.79. The average molecular weight is 420 g/mol. The van der Waals surface area contributed by atoms with Crippen LogP contribution in [0.1, 0.15) is 6.42 Å². The first-order chi connectivity index (χ1) is 13.8. The Labute approximate surface area is 171 Å². The van der Waals surface area contributed by atoms with Crippen LogP contribution in [0.3, 0.4) is 0 Å². The van der Waals surface area contributed by atoms with Gasteiger partial charge in [0.1, 0.15) is 11.5 Å². The van der Waals surface area contributed by atoms with E-state index in [4.69, 9.17) is 21.1 Å². The zero-order valence-electron chi connectivity index (χ0n) is 15.7. The summed E-state index contributed by atoms with van der Waals surface area (Å²) in [7, 11) is 2.83. The Morgan fingerprint density at radius 2 is 1.93 bits per heavy atom. The maximum atomic E-state index is 12.7. The van der Waals surface area contributed by atoms with Gasteiger partial charge in [0.25, 0.3) is 5.69 Å². The van der Waals surface area contributed by atoms with E-state index in [-0.39, 0.29) is 36.2 Å². The molecule has 1 saturated heterocycles. The molecule has 2 aromatic carbocycles. The molecule has 1 heterocycles. The molecule has 0 spiro atoms. The Morgan fingerprint density at radius 1 is 1.21 bits per heavy atom. The monoisotopic (exact) mass is 419 g/mol. The second-order valence-electron chi connectivity index (χ2n) is 6.35. The third kappa shape index (κ3) is 4.24. The Morgan fingerprint density at radius 3 is 2.59 bits per heavy atom. The summed E-state index contributed by atoms with van der Waals surface area (Å²) in [4.78, 5) is 37.0. The number of nitro groups is 1. The molecule has 1 fully saturated rings. The van der Waals surface area contributed by atoms with E-state index in [2.05, 4.69) is 5.32 Å². The fourth-order valence-corrected chi connectivity index (χ4v) is 3.30. The van der Waals surface area contributed by atoms with Crippen LogP contribution in [-0.4, -0.2) is 37.5 Å². The highest BCUT2D eigenvalue weighted by atomic mass is 35.5. The Bertz CT molecular complexity index is 980. The first kappa shape index (κ1) is 20.4. The number of carbonyl (C=O) groups excluding carboxylic acids is 2. The van der Waals surface area contributed by atoms with E-state index in [0.29, 0.717) is 22.1 Å². The van der Waals surface area contributed by atoms with Crippen molar-refractivity contribution in [3.63, 3.8) is 0 Å². The number of non-ortho nitro benzene ring substituents is 1. The number of hydrogen-bond donors (Lipinski definition) is 1. The van der Waals surface area contributed by atoms with Gasteiger partial charge in [-0.2, -0.15) is 0 Å². The molecule has 1 aliphatic heterocycles. The predicted octanol–water partition coefficient (Wildman–Crippen LogP) is 3.26. The van der Waals surface area contributed by atoms with Gasteiger partial charge in [0, 0.05) is 24.1 Å². The first-order valence-corrected chi connectivity index (χ1v) is 8.99. The fourth-order valence-electron chi connectivity index (χ4n) is 3.13. The van der Waals surface area contributed by atoms with Gasteiger partial charge in [-0.25, -0.2) is 0 Å². The number of anilines is 2. The molecule has 10 heteroatoms. The summed E-state index contributed by atoms with van der Waals surface area (Å²) in [5.74, 6) is -0.630. The lowest BCUT2D eigenvalue weighted by Crippen LogP contribution is -2.28. The van der Waals surface area contributed by atoms with Gasteiger partial charge in [0.2, 0.25) is 11.8 Å². The number of nitro benzene ring substituents is 1. The van der Waals surface area contributed by atoms with Crippen molar-refractivity contribution in [1.82, 2.24) is 0 Å². The molecule has 0 saturated carbocycles.